The first-order valence-electron chi connectivity index (χ1n) is 28.3. The molecule has 486 valence electrons. The quantitative estimate of drug-likeness (QED) is 0.0762. The molecule has 0 radical (unpaired) electrons. The molecular formula is C68H53ClFN9O14S3. The van der Waals surface area contributed by atoms with Crippen LogP contribution in [-0.4, -0.2) is 106 Å². The summed E-state index contributed by atoms with van der Waals surface area (Å²) in [5, 5.41) is 8.38. The van der Waals surface area contributed by atoms with Gasteiger partial charge in [0.05, 0.1) is 62.0 Å². The van der Waals surface area contributed by atoms with E-state index in [-0.39, 0.29) is 66.5 Å². The third kappa shape index (κ3) is 17.0. The number of carbonyl (C=O) groups is 3. The van der Waals surface area contributed by atoms with Crippen molar-refractivity contribution in [3.8, 4) is 46.4 Å². The van der Waals surface area contributed by atoms with Crippen molar-refractivity contribution in [2.45, 2.75) is 14.7 Å². The lowest BCUT2D eigenvalue weighted by atomic mass is 10.2. The van der Waals surface area contributed by atoms with E-state index >= 15 is 0 Å². The summed E-state index contributed by atoms with van der Waals surface area (Å²) in [6.07, 6.45) is 3.26. The molecule has 3 heterocycles. The molecule has 3 N–H and O–H groups in total. The first kappa shape index (κ1) is 67.4. The van der Waals surface area contributed by atoms with Crippen molar-refractivity contribution < 1.29 is 67.7 Å². The van der Waals surface area contributed by atoms with Crippen molar-refractivity contribution in [3.63, 3.8) is 0 Å². The summed E-state index contributed by atoms with van der Waals surface area (Å²) in [7, 11) is -7.45. The topological polar surface area (TPSA) is 313 Å². The number of anilines is 3. The van der Waals surface area contributed by atoms with Crippen LogP contribution in [0, 0.1) is 5.82 Å². The van der Waals surface area contributed by atoms with E-state index in [1.54, 1.807) is 127 Å². The monoisotopic (exact) mass is 1370 g/mol. The van der Waals surface area contributed by atoms with Crippen LogP contribution in [0.4, 0.5) is 21.5 Å². The van der Waals surface area contributed by atoms with Crippen LogP contribution >= 0.6 is 11.6 Å². The predicted octanol–water partition coefficient (Wildman–Crippen LogP) is 13.0. The molecule has 12 rings (SSSR count). The molecule has 3 aromatic heterocycles. The number of fused-ring (bicyclic) bond motifs is 3. The van der Waals surface area contributed by atoms with Gasteiger partial charge < -0.3 is 39.6 Å². The summed E-state index contributed by atoms with van der Waals surface area (Å²) in [5.41, 5.74) is 3.54. The molecule has 0 saturated carbocycles. The maximum absolute atomic E-state index is 14.5. The molecule has 0 aliphatic rings. The van der Waals surface area contributed by atoms with Crippen LogP contribution in [0.5, 0.6) is 46.4 Å². The van der Waals surface area contributed by atoms with Crippen LogP contribution in [0.15, 0.2) is 227 Å². The highest BCUT2D eigenvalue weighted by atomic mass is 35.5. The van der Waals surface area contributed by atoms with Gasteiger partial charge in [0.25, 0.3) is 35.4 Å². The van der Waals surface area contributed by atoms with Gasteiger partial charge in [-0.2, -0.15) is 0 Å². The number of halogens is 2. The lowest BCUT2D eigenvalue weighted by Crippen LogP contribution is -2.16. The lowest BCUT2D eigenvalue weighted by Gasteiger charge is -2.13. The third-order valence-electron chi connectivity index (χ3n) is 13.5. The highest BCUT2D eigenvalue weighted by Gasteiger charge is 2.25. The Morgan fingerprint density at radius 2 is 0.719 bits per heavy atom. The van der Waals surface area contributed by atoms with Gasteiger partial charge in [0.15, 0.2) is 69.7 Å². The molecule has 12 aromatic rings. The Morgan fingerprint density at radius 3 is 1.08 bits per heavy atom. The molecule has 0 spiro atoms. The van der Waals surface area contributed by atoms with Crippen molar-refractivity contribution >= 4 is 109 Å². The van der Waals surface area contributed by atoms with Crippen molar-refractivity contribution in [2.24, 2.45) is 0 Å². The van der Waals surface area contributed by atoms with E-state index in [4.69, 9.17) is 35.3 Å². The van der Waals surface area contributed by atoms with Gasteiger partial charge in [-0.3, -0.25) is 14.4 Å². The highest BCUT2D eigenvalue weighted by Crippen LogP contribution is 2.36. The molecular weight excluding hydrogens is 1320 g/mol. The molecule has 28 heteroatoms. The molecule has 23 nitrogen and oxygen atoms in total. The van der Waals surface area contributed by atoms with E-state index in [1.165, 1.54) is 80.9 Å². The van der Waals surface area contributed by atoms with Gasteiger partial charge in [-0.25, -0.2) is 59.5 Å². The van der Waals surface area contributed by atoms with Gasteiger partial charge in [0, 0.05) is 53.0 Å². The first-order valence-corrected chi connectivity index (χ1v) is 34.3. The molecule has 96 heavy (non-hydrogen) atoms. The number of aromatic nitrogens is 6. The number of para-hydroxylation sites is 7. The second-order valence-electron chi connectivity index (χ2n) is 20.6. The molecule has 0 unspecified atom stereocenters. The average molecular weight is 1370 g/mol. The molecule has 3 amide bonds. The lowest BCUT2D eigenvalue weighted by molar-refractivity contribution is 0.101. The standard InChI is InChI=1S/C23H18ClN3O5S.C23H18FN3O5S.C22H17N3O4S/c1-31-20-12-14(24)10-11-19(20)32-23-21(26-17-8-3-4-9-18(17)27-23)22(28)25-15-6-5-7-16(13-15)33(2,29)30;1-31-15-10-11-20(17(24)13-15)32-23-21(26-18-8-3-4-9-19(18)27-23)22(28)25-14-6-5-7-16(12-14)33(2,29)30;1-30(27,28)17-11-7-8-15(14-17)23-21(26)20-22(29-16-9-3-2-4-10-16)25-19-13-6-5-12-18(19)24-20/h2*3-13H,1-2H3,(H,25,28);2-14H,1H3,(H,23,26). The number of sulfone groups is 3. The Labute approximate surface area is 553 Å². The number of hydrogen-bond acceptors (Lipinski definition) is 20. The molecule has 9 aromatic carbocycles. The van der Waals surface area contributed by atoms with Gasteiger partial charge >= 0.3 is 0 Å². The Morgan fingerprint density at radius 1 is 0.365 bits per heavy atom. The Hall–Kier alpha value is -11.5. The van der Waals surface area contributed by atoms with Crippen LogP contribution in [0.3, 0.4) is 0 Å². The molecule has 0 aliphatic carbocycles. The molecule has 0 bridgehead atoms. The Bertz CT molecular complexity index is 5330. The zero-order valence-corrected chi connectivity index (χ0v) is 54.3. The minimum absolute atomic E-state index is 0.0117. The predicted molar refractivity (Wildman–Crippen MR) is 359 cm³/mol. The van der Waals surface area contributed by atoms with E-state index in [1.807, 2.05) is 12.1 Å². The molecule has 0 fully saturated rings. The van der Waals surface area contributed by atoms with Crippen LogP contribution < -0.4 is 39.6 Å². The summed E-state index contributed by atoms with van der Waals surface area (Å²) in [6, 6.07) is 56.4. The fourth-order valence-corrected chi connectivity index (χ4v) is 11.0. The molecule has 0 aliphatic heterocycles. The van der Waals surface area contributed by atoms with E-state index in [9.17, 15) is 44.0 Å². The zero-order valence-electron chi connectivity index (χ0n) is 51.1. The van der Waals surface area contributed by atoms with Gasteiger partial charge in [0.1, 0.15) is 11.5 Å². The summed E-state index contributed by atoms with van der Waals surface area (Å²) < 4.78 is 113. The maximum atomic E-state index is 14.5. The minimum atomic E-state index is -3.47. The number of rotatable bonds is 17. The number of benzene rings is 9. The van der Waals surface area contributed by atoms with Crippen LogP contribution in [0.25, 0.3) is 33.1 Å². The van der Waals surface area contributed by atoms with Crippen molar-refractivity contribution in [2.75, 3.05) is 48.9 Å². The fourth-order valence-electron chi connectivity index (χ4n) is 8.82. The number of ether oxygens (including phenoxy) is 5. The summed E-state index contributed by atoms with van der Waals surface area (Å²) in [6.45, 7) is 0. The summed E-state index contributed by atoms with van der Waals surface area (Å²) >= 11 is 6.02. The maximum Gasteiger partial charge on any atom is 0.279 e. The normalized spacial score (nSPS) is 11.2. The van der Waals surface area contributed by atoms with Crippen LogP contribution in [-0.2, 0) is 29.5 Å². The number of methoxy groups -OCH3 is 2. The van der Waals surface area contributed by atoms with Crippen LogP contribution in [0.2, 0.25) is 5.02 Å². The van der Waals surface area contributed by atoms with Crippen molar-refractivity contribution in [1.29, 1.82) is 0 Å². The smallest absolute Gasteiger partial charge is 0.279 e. The SMILES string of the molecule is COc1cc(Cl)ccc1Oc1nc2ccccc2nc1C(=O)Nc1cccc(S(C)(=O)=O)c1.COc1ccc(Oc2nc3ccccc3nc2C(=O)Nc2cccc(S(C)(=O)=O)c2)c(F)c1.CS(=O)(=O)c1cccc(NC(=O)c2nc3ccccc3nc2Oc2ccccc2)c1. The van der Waals surface area contributed by atoms with Gasteiger partial charge in [-0.1, -0.05) is 84.4 Å². The fraction of sp³-hybridized carbons (Fsp3) is 0.0735. The molecule has 0 atom stereocenters. The average Bonchev–Trinajstić information content (AvgIpc) is 0.810. The number of nitrogens with zero attached hydrogens (tertiary/aromatic N) is 6. The largest absolute Gasteiger partial charge is 0.497 e. The highest BCUT2D eigenvalue weighted by molar-refractivity contribution is 7.91. The van der Waals surface area contributed by atoms with Crippen molar-refractivity contribution in [1.82, 2.24) is 29.9 Å². The summed E-state index contributed by atoms with van der Waals surface area (Å²) in [5.74, 6) is -1.54. The summed E-state index contributed by atoms with van der Waals surface area (Å²) in [4.78, 5) is 65.8. The Kier molecular flexibility index (Phi) is 20.5. The van der Waals surface area contributed by atoms with Gasteiger partial charge in [-0.15, -0.1) is 0 Å². The van der Waals surface area contributed by atoms with Crippen molar-refractivity contribution in [3.05, 3.63) is 240 Å². The second kappa shape index (κ2) is 29.2. The number of carbonyl (C=O) groups excluding carboxylic acids is 3. The number of nitrogens with one attached hydrogen (secondary N) is 3. The minimum Gasteiger partial charge on any atom is -0.497 e. The Balaban J connectivity index is 0.000000157. The van der Waals surface area contributed by atoms with Gasteiger partial charge in [0.2, 0.25) is 0 Å². The second-order valence-corrected chi connectivity index (χ2v) is 27.1. The van der Waals surface area contributed by atoms with Gasteiger partial charge in [-0.05, 0) is 127 Å². The van der Waals surface area contributed by atoms with Crippen LogP contribution in [0.1, 0.15) is 31.5 Å². The third-order valence-corrected chi connectivity index (χ3v) is 17.0. The van der Waals surface area contributed by atoms with E-state index in [0.29, 0.717) is 66.8 Å². The molecule has 0 saturated heterocycles. The van der Waals surface area contributed by atoms with E-state index in [2.05, 4.69) is 45.9 Å². The number of hydrogen-bond donors (Lipinski definition) is 3. The first-order chi connectivity index (χ1) is 45.9. The number of amides is 3. The van der Waals surface area contributed by atoms with E-state index in [0.717, 1.165) is 24.8 Å². The zero-order chi connectivity index (χ0) is 68.3. The van der Waals surface area contributed by atoms with E-state index < -0.39 is 53.1 Å².